The van der Waals surface area contributed by atoms with Gasteiger partial charge in [-0.05, 0) is 67.6 Å². The molecule has 0 amide bonds. The minimum atomic E-state index is -1.06. The van der Waals surface area contributed by atoms with Gasteiger partial charge in [0.05, 0.1) is 26.9 Å². The summed E-state index contributed by atoms with van der Waals surface area (Å²) < 4.78 is 33.0. The fourth-order valence-corrected chi connectivity index (χ4v) is 5.14. The molecule has 1 fully saturated rings. The maximum atomic E-state index is 15.5. The molecule has 2 heterocycles. The van der Waals surface area contributed by atoms with E-state index < -0.39 is 11.8 Å². The molecule has 0 spiro atoms. The maximum Gasteiger partial charge on any atom is 0.337 e. The number of aromatic nitrogens is 2. The molecule has 0 aliphatic heterocycles. The van der Waals surface area contributed by atoms with Crippen LogP contribution in [0.1, 0.15) is 46.1 Å². The minimum absolute atomic E-state index is 0.0210. The summed E-state index contributed by atoms with van der Waals surface area (Å²) in [5.74, 6) is 0.0842. The number of rotatable bonds is 8. The maximum absolute atomic E-state index is 15.5. The van der Waals surface area contributed by atoms with Crippen molar-refractivity contribution >= 4 is 39.9 Å². The Labute approximate surface area is 238 Å². The molecular formula is C30H21Cl2FN2O5. The number of halogens is 3. The van der Waals surface area contributed by atoms with Gasteiger partial charge in [0.15, 0.2) is 11.6 Å². The Bertz CT molecular complexity index is 1760. The first-order valence-corrected chi connectivity index (χ1v) is 13.2. The van der Waals surface area contributed by atoms with Crippen LogP contribution in [0.5, 0.6) is 17.4 Å². The predicted molar refractivity (Wildman–Crippen MR) is 148 cm³/mol. The summed E-state index contributed by atoms with van der Waals surface area (Å²) in [4.78, 5) is 15.4. The molecule has 3 aromatic carbocycles. The number of ether oxygens (including phenoxy) is 2. The van der Waals surface area contributed by atoms with Gasteiger partial charge in [-0.25, -0.2) is 14.2 Å². The molecule has 10 heteroatoms. The molecule has 0 unspecified atom stereocenters. The van der Waals surface area contributed by atoms with Gasteiger partial charge in [0.25, 0.3) is 0 Å². The molecule has 1 N–H and O–H groups in total. The Morgan fingerprint density at radius 3 is 2.58 bits per heavy atom. The van der Waals surface area contributed by atoms with Crippen LogP contribution in [0, 0.1) is 12.7 Å². The quantitative estimate of drug-likeness (QED) is 0.197. The van der Waals surface area contributed by atoms with Crippen molar-refractivity contribution in [3.8, 4) is 28.6 Å². The van der Waals surface area contributed by atoms with Gasteiger partial charge in [-0.3, -0.25) is 0 Å². The smallest absolute Gasteiger partial charge is 0.337 e. The Morgan fingerprint density at radius 2 is 1.88 bits per heavy atom. The van der Waals surface area contributed by atoms with E-state index in [4.69, 9.17) is 37.2 Å². The van der Waals surface area contributed by atoms with E-state index in [2.05, 4.69) is 10.1 Å². The van der Waals surface area contributed by atoms with E-state index in [9.17, 15) is 9.90 Å². The van der Waals surface area contributed by atoms with Crippen molar-refractivity contribution in [1.29, 1.82) is 0 Å². The first kappa shape index (κ1) is 26.1. The zero-order valence-electron chi connectivity index (χ0n) is 21.1. The van der Waals surface area contributed by atoms with Crippen LogP contribution >= 0.6 is 23.2 Å². The standard InChI is InChI=1S/C30H21Cl2FN2O5/c1-15-19(30(36)37)10-12-25(34-15)39-18-8-9-20-17(13-18)7-11-24(27(20)33)38-14-21-28(35-40-29(21)16-5-6-16)26-22(31)3-2-4-23(26)32/h2-4,7-13,16H,5-6,14H2,1H3,(H,36,37). The third-order valence-corrected chi connectivity index (χ3v) is 7.37. The number of pyridine rings is 1. The second-order valence-electron chi connectivity index (χ2n) is 9.48. The van der Waals surface area contributed by atoms with Gasteiger partial charge in [-0.15, -0.1) is 0 Å². The second-order valence-corrected chi connectivity index (χ2v) is 10.3. The lowest BCUT2D eigenvalue weighted by Crippen LogP contribution is -2.02. The van der Waals surface area contributed by atoms with Gasteiger partial charge in [0, 0.05) is 22.9 Å². The fraction of sp³-hybridized carbons (Fsp3) is 0.167. The van der Waals surface area contributed by atoms with E-state index in [1.165, 1.54) is 12.1 Å². The first-order chi connectivity index (χ1) is 19.3. The molecule has 1 saturated carbocycles. The van der Waals surface area contributed by atoms with Crippen LogP contribution in [0.3, 0.4) is 0 Å². The lowest BCUT2D eigenvalue weighted by molar-refractivity contribution is 0.0695. The molecule has 0 saturated heterocycles. The summed E-state index contributed by atoms with van der Waals surface area (Å²) in [5, 5.41) is 15.2. The second kappa shape index (κ2) is 10.4. The van der Waals surface area contributed by atoms with Crippen molar-refractivity contribution < 1.29 is 28.3 Å². The fourth-order valence-electron chi connectivity index (χ4n) is 4.56. The number of fused-ring (bicyclic) bond motifs is 1. The molecule has 5 aromatic rings. The van der Waals surface area contributed by atoms with Crippen LogP contribution in [0.15, 0.2) is 65.2 Å². The molecule has 0 atom stereocenters. The Balaban J connectivity index is 1.26. The zero-order valence-corrected chi connectivity index (χ0v) is 22.6. The van der Waals surface area contributed by atoms with Crippen molar-refractivity contribution in [1.82, 2.24) is 10.1 Å². The summed E-state index contributed by atoms with van der Waals surface area (Å²) in [7, 11) is 0. The predicted octanol–water partition coefficient (Wildman–Crippen LogP) is 8.59. The number of hydrogen-bond acceptors (Lipinski definition) is 6. The highest BCUT2D eigenvalue weighted by molar-refractivity contribution is 6.39. The van der Waals surface area contributed by atoms with Crippen molar-refractivity contribution in [3.05, 3.63) is 99.1 Å². The Morgan fingerprint density at radius 1 is 1.10 bits per heavy atom. The van der Waals surface area contributed by atoms with E-state index in [1.54, 1.807) is 55.5 Å². The van der Waals surface area contributed by atoms with E-state index in [-0.39, 0.29) is 29.7 Å². The van der Waals surface area contributed by atoms with Crippen LogP contribution in [0.25, 0.3) is 22.0 Å². The molecule has 7 nitrogen and oxygen atoms in total. The summed E-state index contributed by atoms with van der Waals surface area (Å²) in [6.45, 7) is 1.61. The van der Waals surface area contributed by atoms with E-state index in [0.717, 1.165) is 12.8 Å². The normalized spacial score (nSPS) is 13.0. The number of carboxylic acids is 1. The highest BCUT2D eigenvalue weighted by Crippen LogP contribution is 2.46. The lowest BCUT2D eigenvalue weighted by atomic mass is 10.0. The van der Waals surface area contributed by atoms with Crippen LogP contribution in [0.2, 0.25) is 10.0 Å². The third-order valence-electron chi connectivity index (χ3n) is 6.74. The SMILES string of the molecule is Cc1nc(Oc2ccc3c(F)c(OCc4c(-c5c(Cl)cccc5Cl)noc4C4CC4)ccc3c2)ccc1C(=O)O. The average Bonchev–Trinajstić information content (AvgIpc) is 3.68. The molecule has 1 aliphatic rings. The van der Waals surface area contributed by atoms with Gasteiger partial charge in [-0.2, -0.15) is 0 Å². The van der Waals surface area contributed by atoms with Crippen LogP contribution in [-0.4, -0.2) is 21.2 Å². The number of aryl methyl sites for hydroxylation is 1. The molecule has 0 radical (unpaired) electrons. The third kappa shape index (κ3) is 4.96. The average molecular weight is 579 g/mol. The molecule has 2 aromatic heterocycles. The first-order valence-electron chi connectivity index (χ1n) is 12.5. The van der Waals surface area contributed by atoms with Gasteiger partial charge in [0.2, 0.25) is 5.88 Å². The highest BCUT2D eigenvalue weighted by atomic mass is 35.5. The van der Waals surface area contributed by atoms with E-state index >= 15 is 4.39 Å². The summed E-state index contributed by atoms with van der Waals surface area (Å²) in [6.07, 6.45) is 1.96. The van der Waals surface area contributed by atoms with Gasteiger partial charge < -0.3 is 19.1 Å². The van der Waals surface area contributed by atoms with Gasteiger partial charge in [0.1, 0.15) is 23.8 Å². The molecular weight excluding hydrogens is 558 g/mol. The Kier molecular flexibility index (Phi) is 6.82. The largest absolute Gasteiger partial charge is 0.486 e. The van der Waals surface area contributed by atoms with E-state index in [1.807, 2.05) is 0 Å². The van der Waals surface area contributed by atoms with Crippen LogP contribution < -0.4 is 9.47 Å². The molecule has 202 valence electrons. The van der Waals surface area contributed by atoms with Crippen molar-refractivity contribution in [2.75, 3.05) is 0 Å². The van der Waals surface area contributed by atoms with Crippen molar-refractivity contribution in [3.63, 3.8) is 0 Å². The van der Waals surface area contributed by atoms with Crippen molar-refractivity contribution in [2.24, 2.45) is 0 Å². The number of nitrogens with zero attached hydrogens (tertiary/aromatic N) is 2. The summed E-state index contributed by atoms with van der Waals surface area (Å²) in [5.41, 5.74) is 2.15. The van der Waals surface area contributed by atoms with Crippen molar-refractivity contribution in [2.45, 2.75) is 32.3 Å². The molecule has 40 heavy (non-hydrogen) atoms. The lowest BCUT2D eigenvalue weighted by Gasteiger charge is -2.12. The van der Waals surface area contributed by atoms with Gasteiger partial charge in [-0.1, -0.05) is 40.5 Å². The zero-order chi connectivity index (χ0) is 28.0. The molecule has 0 bridgehead atoms. The molecule has 6 rings (SSSR count). The summed E-state index contributed by atoms with van der Waals surface area (Å²) >= 11 is 12.9. The topological polar surface area (TPSA) is 94.7 Å². The number of benzene rings is 3. The monoisotopic (exact) mass is 578 g/mol. The molecule has 1 aliphatic carbocycles. The summed E-state index contributed by atoms with van der Waals surface area (Å²) in [6, 6.07) is 16.3. The van der Waals surface area contributed by atoms with Crippen LogP contribution in [-0.2, 0) is 6.61 Å². The van der Waals surface area contributed by atoms with Gasteiger partial charge >= 0.3 is 5.97 Å². The number of aromatic carboxylic acids is 1. The minimum Gasteiger partial charge on any atom is -0.486 e. The van der Waals surface area contributed by atoms with Crippen LogP contribution in [0.4, 0.5) is 4.39 Å². The number of carbonyl (C=O) groups is 1. The Hall–Kier alpha value is -4.14. The number of carboxylic acid groups (broad SMARTS) is 1. The highest BCUT2D eigenvalue weighted by Gasteiger charge is 2.34. The van der Waals surface area contributed by atoms with E-state index in [0.29, 0.717) is 54.8 Å². The number of hydrogen-bond donors (Lipinski definition) is 1.